The molecule has 8 nitrogen and oxygen atoms in total. The third-order valence-corrected chi connectivity index (χ3v) is 5.51. The molecule has 176 valence electrons. The fraction of sp³-hybridized carbons (Fsp3) is 0.269. The summed E-state index contributed by atoms with van der Waals surface area (Å²) >= 11 is 0. The monoisotopic (exact) mass is 459 g/mol. The average molecular weight is 460 g/mol. The molecule has 0 atom stereocenters. The van der Waals surface area contributed by atoms with Gasteiger partial charge in [-0.15, -0.1) is 0 Å². The fourth-order valence-electron chi connectivity index (χ4n) is 3.78. The van der Waals surface area contributed by atoms with Crippen LogP contribution in [0.3, 0.4) is 0 Å². The molecule has 0 saturated carbocycles. The van der Waals surface area contributed by atoms with E-state index in [9.17, 15) is 4.79 Å². The van der Waals surface area contributed by atoms with E-state index in [1.165, 1.54) is 4.57 Å². The van der Waals surface area contributed by atoms with Crippen molar-refractivity contribution in [3.63, 3.8) is 0 Å². The van der Waals surface area contributed by atoms with Crippen molar-refractivity contribution in [1.82, 2.24) is 19.9 Å². The lowest BCUT2D eigenvalue weighted by Gasteiger charge is -2.27. The molecule has 2 heterocycles. The van der Waals surface area contributed by atoms with E-state index in [1.54, 1.807) is 39.0 Å². The second-order valence-corrected chi connectivity index (χ2v) is 8.16. The van der Waals surface area contributed by atoms with Crippen LogP contribution in [-0.4, -0.2) is 47.9 Å². The second kappa shape index (κ2) is 10.4. The molecule has 0 amide bonds. The van der Waals surface area contributed by atoms with Crippen molar-refractivity contribution in [2.75, 3.05) is 32.2 Å². The highest BCUT2D eigenvalue weighted by molar-refractivity contribution is 5.83. The van der Waals surface area contributed by atoms with Gasteiger partial charge in [0.2, 0.25) is 0 Å². The zero-order valence-electron chi connectivity index (χ0n) is 19.9. The van der Waals surface area contributed by atoms with Crippen LogP contribution < -0.4 is 25.2 Å². The average Bonchev–Trinajstić information content (AvgIpc) is 2.87. The van der Waals surface area contributed by atoms with E-state index in [0.717, 1.165) is 17.9 Å². The molecule has 0 unspecified atom stereocenters. The number of nitrogens with one attached hydrogen (secondary N) is 1. The van der Waals surface area contributed by atoms with Crippen molar-refractivity contribution in [3.05, 3.63) is 77.6 Å². The van der Waals surface area contributed by atoms with E-state index in [4.69, 9.17) is 9.47 Å². The van der Waals surface area contributed by atoms with E-state index in [1.807, 2.05) is 42.5 Å². The van der Waals surface area contributed by atoms with E-state index in [2.05, 4.69) is 34.0 Å². The Morgan fingerprint density at radius 3 is 2.44 bits per heavy atom. The van der Waals surface area contributed by atoms with Crippen LogP contribution in [0.2, 0.25) is 0 Å². The lowest BCUT2D eigenvalue weighted by molar-refractivity contribution is 0.394. The molecule has 0 bridgehead atoms. The molecule has 0 spiro atoms. The van der Waals surface area contributed by atoms with Gasteiger partial charge in [-0.25, -0.2) is 4.98 Å². The highest BCUT2D eigenvalue weighted by Crippen LogP contribution is 2.33. The summed E-state index contributed by atoms with van der Waals surface area (Å²) in [5.41, 5.74) is 2.93. The first-order valence-electron chi connectivity index (χ1n) is 11.2. The molecule has 8 heteroatoms. The number of ether oxygens (including phenoxy) is 2. The van der Waals surface area contributed by atoms with Gasteiger partial charge in [0.1, 0.15) is 17.8 Å². The molecule has 2 aromatic heterocycles. The molecule has 0 saturated heterocycles. The van der Waals surface area contributed by atoms with Gasteiger partial charge in [-0.1, -0.05) is 13.8 Å². The molecular formula is C26H29N5O3. The minimum Gasteiger partial charge on any atom is -0.497 e. The van der Waals surface area contributed by atoms with Crippen molar-refractivity contribution < 1.29 is 9.47 Å². The molecule has 0 radical (unpaired) electrons. The molecule has 34 heavy (non-hydrogen) atoms. The number of aromatic nitrogens is 3. The lowest BCUT2D eigenvalue weighted by atomic mass is 10.1. The number of benzene rings is 2. The SMILES string of the molecule is COc1cc(OC)cc(N(CCNC(C)C)c2ccc3ncn(-c4cccnc4)c(=O)c3c2)c1. The van der Waals surface area contributed by atoms with Crippen molar-refractivity contribution >= 4 is 22.3 Å². The number of methoxy groups -OCH3 is 2. The molecular weight excluding hydrogens is 430 g/mol. The van der Waals surface area contributed by atoms with Crippen LogP contribution in [-0.2, 0) is 0 Å². The predicted octanol–water partition coefficient (Wildman–Crippen LogP) is 3.93. The molecule has 4 aromatic rings. The van der Waals surface area contributed by atoms with Gasteiger partial charge in [-0.3, -0.25) is 14.3 Å². The zero-order chi connectivity index (χ0) is 24.1. The number of fused-ring (bicyclic) bond motifs is 1. The largest absolute Gasteiger partial charge is 0.497 e. The summed E-state index contributed by atoms with van der Waals surface area (Å²) in [6.07, 6.45) is 4.86. The fourth-order valence-corrected chi connectivity index (χ4v) is 3.78. The zero-order valence-corrected chi connectivity index (χ0v) is 19.9. The summed E-state index contributed by atoms with van der Waals surface area (Å²) in [4.78, 5) is 24.1. The number of hydrogen-bond acceptors (Lipinski definition) is 7. The maximum absolute atomic E-state index is 13.4. The molecule has 0 aliphatic carbocycles. The van der Waals surface area contributed by atoms with Gasteiger partial charge in [0, 0.05) is 54.9 Å². The Labute approximate surface area is 198 Å². The number of nitrogens with zero attached hydrogens (tertiary/aromatic N) is 4. The maximum atomic E-state index is 13.4. The first-order chi connectivity index (χ1) is 16.5. The number of anilines is 2. The Bertz CT molecular complexity index is 1300. The quantitative estimate of drug-likeness (QED) is 0.406. The Hall–Kier alpha value is -3.91. The van der Waals surface area contributed by atoms with Crippen LogP contribution in [0, 0.1) is 0 Å². The van der Waals surface area contributed by atoms with Gasteiger partial charge < -0.3 is 19.7 Å². The molecule has 0 fully saturated rings. The summed E-state index contributed by atoms with van der Waals surface area (Å²) in [6, 6.07) is 15.5. The van der Waals surface area contributed by atoms with Gasteiger partial charge in [0.15, 0.2) is 0 Å². The van der Waals surface area contributed by atoms with Crippen LogP contribution in [0.5, 0.6) is 11.5 Å². The Balaban J connectivity index is 1.82. The normalized spacial score (nSPS) is 11.1. The van der Waals surface area contributed by atoms with Gasteiger partial charge in [-0.05, 0) is 30.3 Å². The van der Waals surface area contributed by atoms with E-state index < -0.39 is 0 Å². The van der Waals surface area contributed by atoms with Gasteiger partial charge in [-0.2, -0.15) is 0 Å². The Morgan fingerprint density at radius 2 is 1.79 bits per heavy atom. The van der Waals surface area contributed by atoms with E-state index >= 15 is 0 Å². The van der Waals surface area contributed by atoms with Gasteiger partial charge >= 0.3 is 0 Å². The first kappa shape index (κ1) is 23.3. The Morgan fingerprint density at radius 1 is 1.03 bits per heavy atom. The Kier molecular flexibility index (Phi) is 7.08. The maximum Gasteiger partial charge on any atom is 0.265 e. The standard InChI is InChI=1S/C26H29N5O3/c1-18(2)28-10-11-30(21-12-22(33-3)15-23(13-21)34-4)19-7-8-25-24(14-19)26(32)31(17-29-25)20-6-5-9-27-16-20/h5-9,12-18,28H,10-11H2,1-4H3. The lowest BCUT2D eigenvalue weighted by Crippen LogP contribution is -2.32. The number of pyridine rings is 1. The second-order valence-electron chi connectivity index (χ2n) is 8.16. The smallest absolute Gasteiger partial charge is 0.265 e. The third-order valence-electron chi connectivity index (χ3n) is 5.51. The third kappa shape index (κ3) is 5.02. The van der Waals surface area contributed by atoms with Crippen LogP contribution >= 0.6 is 0 Å². The number of hydrogen-bond donors (Lipinski definition) is 1. The van der Waals surface area contributed by atoms with Crippen molar-refractivity contribution in [3.8, 4) is 17.2 Å². The summed E-state index contributed by atoms with van der Waals surface area (Å²) < 4.78 is 12.5. The summed E-state index contributed by atoms with van der Waals surface area (Å²) in [5, 5.41) is 3.99. The van der Waals surface area contributed by atoms with Crippen LogP contribution in [0.1, 0.15) is 13.8 Å². The van der Waals surface area contributed by atoms with Crippen molar-refractivity contribution in [1.29, 1.82) is 0 Å². The highest BCUT2D eigenvalue weighted by Gasteiger charge is 2.15. The topological polar surface area (TPSA) is 81.5 Å². The summed E-state index contributed by atoms with van der Waals surface area (Å²) in [6.45, 7) is 5.66. The van der Waals surface area contributed by atoms with Crippen LogP contribution in [0.25, 0.3) is 16.6 Å². The molecule has 4 rings (SSSR count). The number of rotatable bonds is 9. The van der Waals surface area contributed by atoms with Gasteiger partial charge in [0.05, 0.1) is 37.0 Å². The first-order valence-corrected chi connectivity index (χ1v) is 11.2. The van der Waals surface area contributed by atoms with Crippen LogP contribution in [0.4, 0.5) is 11.4 Å². The van der Waals surface area contributed by atoms with Crippen molar-refractivity contribution in [2.24, 2.45) is 0 Å². The van der Waals surface area contributed by atoms with Crippen LogP contribution in [0.15, 0.2) is 72.0 Å². The minimum absolute atomic E-state index is 0.150. The van der Waals surface area contributed by atoms with Crippen molar-refractivity contribution in [2.45, 2.75) is 19.9 Å². The summed E-state index contributed by atoms with van der Waals surface area (Å²) in [7, 11) is 3.26. The van der Waals surface area contributed by atoms with Gasteiger partial charge in [0.25, 0.3) is 5.56 Å². The minimum atomic E-state index is -0.150. The predicted molar refractivity (Wildman–Crippen MR) is 135 cm³/mol. The highest BCUT2D eigenvalue weighted by atomic mass is 16.5. The van der Waals surface area contributed by atoms with E-state index in [0.29, 0.717) is 40.7 Å². The molecule has 2 aromatic carbocycles. The summed E-state index contributed by atoms with van der Waals surface area (Å²) in [5.74, 6) is 1.38. The van der Waals surface area contributed by atoms with E-state index in [-0.39, 0.29) is 5.56 Å². The molecule has 1 N–H and O–H groups in total. The molecule has 0 aliphatic rings. The molecule has 0 aliphatic heterocycles.